The van der Waals surface area contributed by atoms with Gasteiger partial charge in [0, 0.05) is 11.4 Å². The molecule has 0 saturated carbocycles. The Morgan fingerprint density at radius 3 is 2.44 bits per heavy atom. The maximum atomic E-state index is 13.0. The summed E-state index contributed by atoms with van der Waals surface area (Å²) in [6.07, 6.45) is 0. The van der Waals surface area contributed by atoms with Crippen LogP contribution in [0.25, 0.3) is 0 Å². The van der Waals surface area contributed by atoms with Crippen LogP contribution in [0.3, 0.4) is 0 Å². The molecule has 0 fully saturated rings. The van der Waals surface area contributed by atoms with Gasteiger partial charge in [-0.1, -0.05) is 6.07 Å². The Morgan fingerprint density at radius 2 is 1.76 bits per heavy atom. The number of nitrogens with one attached hydrogen (secondary N) is 3. The molecule has 0 unspecified atom stereocenters. The quantitative estimate of drug-likeness (QED) is 0.483. The zero-order chi connectivity index (χ0) is 24.7. The van der Waals surface area contributed by atoms with Crippen LogP contribution in [0.15, 0.2) is 53.7 Å². The molecule has 3 N–H and O–H groups in total. The average molecular weight is 471 g/mol. The molecular formula is C24H26FN3O6. The third-order valence-electron chi connectivity index (χ3n) is 4.85. The molecule has 0 saturated heterocycles. The van der Waals surface area contributed by atoms with Crippen molar-refractivity contribution in [1.29, 1.82) is 0 Å². The summed E-state index contributed by atoms with van der Waals surface area (Å²) in [5.74, 6) is -0.751. The predicted octanol–water partition coefficient (Wildman–Crippen LogP) is 3.43. The van der Waals surface area contributed by atoms with Crippen LogP contribution in [0.2, 0.25) is 0 Å². The fourth-order valence-corrected chi connectivity index (χ4v) is 3.39. The second kappa shape index (κ2) is 11.2. The number of allylic oxidation sites excluding steroid dienone is 1. The molecule has 0 bridgehead atoms. The van der Waals surface area contributed by atoms with Crippen LogP contribution < -0.4 is 25.4 Å². The number of esters is 1. The molecule has 3 rings (SSSR count). The number of hydrogen-bond donors (Lipinski definition) is 3. The first-order valence-corrected chi connectivity index (χ1v) is 10.7. The molecule has 0 radical (unpaired) electrons. The molecule has 180 valence electrons. The predicted molar refractivity (Wildman–Crippen MR) is 122 cm³/mol. The highest BCUT2D eigenvalue weighted by Gasteiger charge is 2.32. The minimum absolute atomic E-state index is 0.188. The standard InChI is InChI=1S/C24H26FN3O6/c1-4-32-19-12-15(22-21(23(30)33-5-2)14(3)26-24(31)28-22)6-11-18(19)34-13-20(29)27-17-9-7-16(25)8-10-17/h6-12,22H,4-5,13H2,1-3H3,(H,27,29)(H2,26,28,31)/t22-/m1/s1. The SMILES string of the molecule is CCOC(=O)C1=C(C)NC(=O)N[C@@H]1c1ccc(OCC(=O)Nc2ccc(F)cc2)c(OCC)c1. The summed E-state index contributed by atoms with van der Waals surface area (Å²) in [6, 6.07) is 9.05. The van der Waals surface area contributed by atoms with E-state index in [1.54, 1.807) is 39.0 Å². The van der Waals surface area contributed by atoms with Crippen molar-refractivity contribution in [1.82, 2.24) is 10.6 Å². The van der Waals surface area contributed by atoms with Crippen molar-refractivity contribution in [3.63, 3.8) is 0 Å². The van der Waals surface area contributed by atoms with E-state index in [0.29, 0.717) is 35.1 Å². The van der Waals surface area contributed by atoms with Crippen molar-refractivity contribution in [3.05, 3.63) is 65.1 Å². The summed E-state index contributed by atoms with van der Waals surface area (Å²) in [5.41, 5.74) is 1.67. The maximum absolute atomic E-state index is 13.0. The number of anilines is 1. The Hall–Kier alpha value is -4.08. The number of halogens is 1. The molecule has 2 aromatic rings. The Bertz CT molecular complexity index is 1100. The number of carbonyl (C=O) groups is 3. The summed E-state index contributed by atoms with van der Waals surface area (Å²) in [4.78, 5) is 36.8. The molecular weight excluding hydrogens is 445 g/mol. The Balaban J connectivity index is 1.79. The fraction of sp³-hybridized carbons (Fsp3) is 0.292. The lowest BCUT2D eigenvalue weighted by molar-refractivity contribution is -0.139. The molecule has 0 aromatic heterocycles. The highest BCUT2D eigenvalue weighted by Crippen LogP contribution is 2.35. The van der Waals surface area contributed by atoms with E-state index >= 15 is 0 Å². The molecule has 1 aliphatic rings. The van der Waals surface area contributed by atoms with Gasteiger partial charge in [0.25, 0.3) is 5.91 Å². The summed E-state index contributed by atoms with van der Waals surface area (Å²) in [5, 5.41) is 7.92. The first kappa shape index (κ1) is 24.6. The van der Waals surface area contributed by atoms with Gasteiger partial charge in [-0.2, -0.15) is 0 Å². The van der Waals surface area contributed by atoms with Gasteiger partial charge in [-0.05, 0) is 62.7 Å². The molecule has 9 nitrogen and oxygen atoms in total. The minimum atomic E-state index is -0.761. The van der Waals surface area contributed by atoms with E-state index in [4.69, 9.17) is 14.2 Å². The number of urea groups is 1. The van der Waals surface area contributed by atoms with Crippen molar-refractivity contribution in [3.8, 4) is 11.5 Å². The summed E-state index contributed by atoms with van der Waals surface area (Å²) in [7, 11) is 0. The lowest BCUT2D eigenvalue weighted by Crippen LogP contribution is -2.45. The van der Waals surface area contributed by atoms with Gasteiger partial charge < -0.3 is 30.2 Å². The second-order valence-corrected chi connectivity index (χ2v) is 7.27. The second-order valence-electron chi connectivity index (χ2n) is 7.27. The largest absolute Gasteiger partial charge is 0.490 e. The van der Waals surface area contributed by atoms with E-state index in [2.05, 4.69) is 16.0 Å². The highest BCUT2D eigenvalue weighted by molar-refractivity contribution is 5.95. The molecule has 0 spiro atoms. The van der Waals surface area contributed by atoms with Crippen LogP contribution in [0.1, 0.15) is 32.4 Å². The van der Waals surface area contributed by atoms with Gasteiger partial charge in [0.2, 0.25) is 0 Å². The Morgan fingerprint density at radius 1 is 1.03 bits per heavy atom. The van der Waals surface area contributed by atoms with E-state index in [1.165, 1.54) is 24.3 Å². The van der Waals surface area contributed by atoms with Gasteiger partial charge in [-0.25, -0.2) is 14.0 Å². The van der Waals surface area contributed by atoms with Crippen LogP contribution >= 0.6 is 0 Å². The maximum Gasteiger partial charge on any atom is 0.338 e. The smallest absolute Gasteiger partial charge is 0.338 e. The van der Waals surface area contributed by atoms with Crippen LogP contribution in [0.4, 0.5) is 14.9 Å². The first-order chi connectivity index (χ1) is 16.3. The van der Waals surface area contributed by atoms with Crippen LogP contribution in [-0.4, -0.2) is 37.7 Å². The summed E-state index contributed by atoms with van der Waals surface area (Å²) < 4.78 is 29.5. The van der Waals surface area contributed by atoms with Gasteiger partial charge in [0.05, 0.1) is 24.8 Å². The number of rotatable bonds is 9. The van der Waals surface area contributed by atoms with E-state index in [1.807, 2.05) is 0 Å². The van der Waals surface area contributed by atoms with Crippen LogP contribution in [0.5, 0.6) is 11.5 Å². The van der Waals surface area contributed by atoms with Crippen molar-refractivity contribution in [2.45, 2.75) is 26.8 Å². The number of benzene rings is 2. The van der Waals surface area contributed by atoms with E-state index in [9.17, 15) is 18.8 Å². The summed E-state index contributed by atoms with van der Waals surface area (Å²) >= 11 is 0. The lowest BCUT2D eigenvalue weighted by atomic mass is 9.95. The van der Waals surface area contributed by atoms with Gasteiger partial charge in [0.15, 0.2) is 18.1 Å². The fourth-order valence-electron chi connectivity index (χ4n) is 3.39. The molecule has 1 aliphatic heterocycles. The van der Waals surface area contributed by atoms with Gasteiger partial charge in [0.1, 0.15) is 5.82 Å². The topological polar surface area (TPSA) is 115 Å². The van der Waals surface area contributed by atoms with Gasteiger partial charge in [-0.15, -0.1) is 0 Å². The monoisotopic (exact) mass is 471 g/mol. The van der Waals surface area contributed by atoms with E-state index < -0.39 is 29.8 Å². The van der Waals surface area contributed by atoms with E-state index in [0.717, 1.165) is 0 Å². The Labute approximate surface area is 196 Å². The molecule has 1 atom stereocenters. The number of ether oxygens (including phenoxy) is 3. The van der Waals surface area contributed by atoms with Gasteiger partial charge in [-0.3, -0.25) is 4.79 Å². The average Bonchev–Trinajstić information content (AvgIpc) is 2.79. The van der Waals surface area contributed by atoms with Crippen molar-refractivity contribution < 1.29 is 33.0 Å². The third kappa shape index (κ3) is 6.03. The molecule has 2 aromatic carbocycles. The number of amides is 3. The van der Waals surface area contributed by atoms with E-state index in [-0.39, 0.29) is 18.8 Å². The molecule has 1 heterocycles. The molecule has 34 heavy (non-hydrogen) atoms. The van der Waals surface area contributed by atoms with Crippen molar-refractivity contribution in [2.24, 2.45) is 0 Å². The first-order valence-electron chi connectivity index (χ1n) is 10.7. The molecule has 0 aliphatic carbocycles. The molecule has 10 heteroatoms. The molecule has 3 amide bonds. The third-order valence-corrected chi connectivity index (χ3v) is 4.85. The van der Waals surface area contributed by atoms with Crippen LogP contribution in [-0.2, 0) is 14.3 Å². The Kier molecular flexibility index (Phi) is 8.07. The summed E-state index contributed by atoms with van der Waals surface area (Å²) in [6.45, 7) is 5.31. The normalized spacial score (nSPS) is 15.2. The number of carbonyl (C=O) groups excluding carboxylic acids is 3. The lowest BCUT2D eigenvalue weighted by Gasteiger charge is -2.28. The zero-order valence-corrected chi connectivity index (χ0v) is 19.1. The minimum Gasteiger partial charge on any atom is -0.490 e. The van der Waals surface area contributed by atoms with Crippen molar-refractivity contribution in [2.75, 3.05) is 25.1 Å². The van der Waals surface area contributed by atoms with Crippen molar-refractivity contribution >= 4 is 23.6 Å². The highest BCUT2D eigenvalue weighted by atomic mass is 19.1. The number of hydrogen-bond acceptors (Lipinski definition) is 6. The van der Waals surface area contributed by atoms with Crippen LogP contribution in [0, 0.1) is 5.82 Å². The zero-order valence-electron chi connectivity index (χ0n) is 19.1. The van der Waals surface area contributed by atoms with Gasteiger partial charge >= 0.3 is 12.0 Å².